The van der Waals surface area contributed by atoms with Gasteiger partial charge in [-0.25, -0.2) is 0 Å². The van der Waals surface area contributed by atoms with E-state index in [1.165, 1.54) is 0 Å². The second-order valence-electron chi connectivity index (χ2n) is 12.4. The van der Waals surface area contributed by atoms with E-state index in [0.29, 0.717) is 19.4 Å². The van der Waals surface area contributed by atoms with Crippen molar-refractivity contribution in [2.45, 2.75) is 52.6 Å². The van der Waals surface area contributed by atoms with Gasteiger partial charge in [0.1, 0.15) is 11.8 Å². The van der Waals surface area contributed by atoms with Gasteiger partial charge >= 0.3 is 0 Å². The Labute approximate surface area is 271 Å². The second kappa shape index (κ2) is 14.5. The van der Waals surface area contributed by atoms with Crippen molar-refractivity contribution < 1.29 is 19.1 Å². The number of fused-ring (bicyclic) bond motifs is 3. The number of hydrogen-bond acceptors (Lipinski definition) is 4. The van der Waals surface area contributed by atoms with Crippen molar-refractivity contribution in [3.8, 4) is 28.0 Å². The molecule has 1 unspecified atom stereocenters. The summed E-state index contributed by atoms with van der Waals surface area (Å²) in [6.07, 6.45) is 1.72. The highest BCUT2D eigenvalue weighted by Crippen LogP contribution is 2.41. The number of hydrogen-bond donors (Lipinski definition) is 2. The van der Waals surface area contributed by atoms with E-state index in [9.17, 15) is 14.4 Å². The number of benzene rings is 4. The van der Waals surface area contributed by atoms with Gasteiger partial charge in [0.2, 0.25) is 11.8 Å². The molecule has 0 spiro atoms. The SMILES string of the molecule is CCC[C@H](C(N)=O)[C@@H](CC(C)C)C(=O)NC1C(=O)N(Cc2cccc(-c3ccc(OC)cc3)c2)c2ccccc2-c2ccccc21. The number of nitrogens with zero attached hydrogens (tertiary/aromatic N) is 1. The third-order valence-corrected chi connectivity index (χ3v) is 8.76. The van der Waals surface area contributed by atoms with Crippen LogP contribution >= 0.6 is 0 Å². The van der Waals surface area contributed by atoms with Crippen LogP contribution in [0.1, 0.15) is 57.2 Å². The molecule has 238 valence electrons. The van der Waals surface area contributed by atoms with Crippen LogP contribution in [0.25, 0.3) is 22.3 Å². The molecule has 3 N–H and O–H groups in total. The first-order valence-corrected chi connectivity index (χ1v) is 16.0. The Morgan fingerprint density at radius 2 is 1.57 bits per heavy atom. The van der Waals surface area contributed by atoms with E-state index < -0.39 is 23.8 Å². The van der Waals surface area contributed by atoms with Crippen molar-refractivity contribution in [3.63, 3.8) is 0 Å². The average molecular weight is 618 g/mol. The molecule has 7 heteroatoms. The van der Waals surface area contributed by atoms with Gasteiger partial charge in [0.15, 0.2) is 0 Å². The zero-order chi connectivity index (χ0) is 32.8. The predicted octanol–water partition coefficient (Wildman–Crippen LogP) is 7.30. The molecule has 7 nitrogen and oxygen atoms in total. The number of nitrogens with two attached hydrogens (primary N) is 1. The summed E-state index contributed by atoms with van der Waals surface area (Å²) in [6.45, 7) is 6.32. The van der Waals surface area contributed by atoms with Gasteiger partial charge in [-0.05, 0) is 70.8 Å². The lowest BCUT2D eigenvalue weighted by Crippen LogP contribution is -2.47. The van der Waals surface area contributed by atoms with Gasteiger partial charge in [-0.1, -0.05) is 100.0 Å². The van der Waals surface area contributed by atoms with Crippen LogP contribution in [0.3, 0.4) is 0 Å². The van der Waals surface area contributed by atoms with E-state index in [0.717, 1.165) is 51.2 Å². The molecule has 46 heavy (non-hydrogen) atoms. The molecule has 5 rings (SSSR count). The van der Waals surface area contributed by atoms with Crippen LogP contribution in [0.5, 0.6) is 5.75 Å². The summed E-state index contributed by atoms with van der Waals surface area (Å²) in [4.78, 5) is 43.2. The molecule has 4 aromatic carbocycles. The van der Waals surface area contributed by atoms with Crippen LogP contribution < -0.4 is 20.7 Å². The minimum absolute atomic E-state index is 0.158. The summed E-state index contributed by atoms with van der Waals surface area (Å²) < 4.78 is 5.32. The van der Waals surface area contributed by atoms with Crippen molar-refractivity contribution >= 4 is 23.4 Å². The highest BCUT2D eigenvalue weighted by atomic mass is 16.5. The van der Waals surface area contributed by atoms with Crippen LogP contribution in [0.2, 0.25) is 0 Å². The molecule has 0 fully saturated rings. The number of nitrogens with one attached hydrogen (secondary N) is 1. The quantitative estimate of drug-likeness (QED) is 0.174. The Kier molecular flexibility index (Phi) is 10.2. The molecule has 0 radical (unpaired) electrons. The lowest BCUT2D eigenvalue weighted by Gasteiger charge is -2.30. The van der Waals surface area contributed by atoms with Gasteiger partial charge in [-0.3, -0.25) is 14.4 Å². The smallest absolute Gasteiger partial charge is 0.254 e. The van der Waals surface area contributed by atoms with Crippen LogP contribution in [0, 0.1) is 17.8 Å². The molecule has 0 bridgehead atoms. The number of carbonyl (C=O) groups excluding carboxylic acids is 3. The number of rotatable bonds is 12. The standard InChI is InChI=1S/C39H43N3O4/c1-5-11-33(37(40)43)34(22-25(2)3)38(44)41-36-32-16-7-6-14-30(32)31-15-8-9-17-35(31)42(39(36)45)24-26-12-10-13-28(23-26)27-18-20-29(46-4)21-19-27/h6-10,12-21,23,25,33-34,36H,5,11,22,24H2,1-4H3,(H2,40,43)(H,41,44)/t33-,34+,36?/m0/s1. The lowest BCUT2D eigenvalue weighted by atomic mass is 9.81. The monoisotopic (exact) mass is 617 g/mol. The van der Waals surface area contributed by atoms with E-state index in [2.05, 4.69) is 11.4 Å². The molecule has 3 amide bonds. The van der Waals surface area contributed by atoms with E-state index in [1.807, 2.05) is 112 Å². The Hall–Kier alpha value is -4.91. The first-order chi connectivity index (χ1) is 22.2. The maximum absolute atomic E-state index is 14.7. The minimum Gasteiger partial charge on any atom is -0.497 e. The van der Waals surface area contributed by atoms with Gasteiger partial charge in [0.25, 0.3) is 5.91 Å². The highest BCUT2D eigenvalue weighted by Gasteiger charge is 2.39. The number of ether oxygens (including phenoxy) is 1. The van der Waals surface area contributed by atoms with Crippen molar-refractivity contribution in [1.29, 1.82) is 0 Å². The molecular formula is C39H43N3O4. The zero-order valence-electron chi connectivity index (χ0n) is 27.0. The van der Waals surface area contributed by atoms with Crippen molar-refractivity contribution in [2.24, 2.45) is 23.5 Å². The number of methoxy groups -OCH3 is 1. The third-order valence-electron chi connectivity index (χ3n) is 8.76. The molecule has 0 saturated heterocycles. The predicted molar refractivity (Wildman–Crippen MR) is 183 cm³/mol. The Morgan fingerprint density at radius 3 is 2.24 bits per heavy atom. The van der Waals surface area contributed by atoms with Gasteiger partial charge in [0.05, 0.1) is 19.3 Å². The first kappa shape index (κ1) is 32.5. The highest BCUT2D eigenvalue weighted by molar-refractivity contribution is 6.06. The van der Waals surface area contributed by atoms with Crippen molar-refractivity contribution in [2.75, 3.05) is 12.0 Å². The summed E-state index contributed by atoms with van der Waals surface area (Å²) in [5, 5.41) is 3.11. The summed E-state index contributed by atoms with van der Waals surface area (Å²) >= 11 is 0. The maximum Gasteiger partial charge on any atom is 0.254 e. The Bertz CT molecular complexity index is 1700. The fraction of sp³-hybridized carbons (Fsp3) is 0.308. The number of amides is 3. The normalized spacial score (nSPS) is 15.4. The Morgan fingerprint density at radius 1 is 0.870 bits per heavy atom. The summed E-state index contributed by atoms with van der Waals surface area (Å²) in [7, 11) is 1.64. The van der Waals surface area contributed by atoms with Gasteiger partial charge in [-0.15, -0.1) is 0 Å². The number of primary amides is 1. The lowest BCUT2D eigenvalue weighted by molar-refractivity contribution is -0.136. The van der Waals surface area contributed by atoms with Crippen molar-refractivity contribution in [3.05, 3.63) is 108 Å². The molecule has 3 atom stereocenters. The summed E-state index contributed by atoms with van der Waals surface area (Å²) in [5.74, 6) is -1.37. The Balaban J connectivity index is 1.54. The molecule has 0 saturated carbocycles. The molecule has 1 heterocycles. The molecule has 0 aliphatic carbocycles. The van der Waals surface area contributed by atoms with E-state index in [1.54, 1.807) is 12.0 Å². The van der Waals surface area contributed by atoms with Gasteiger partial charge in [-0.2, -0.15) is 0 Å². The topological polar surface area (TPSA) is 102 Å². The number of carbonyl (C=O) groups is 3. The van der Waals surface area contributed by atoms with Crippen LogP contribution in [0.15, 0.2) is 97.1 Å². The largest absolute Gasteiger partial charge is 0.497 e. The fourth-order valence-corrected chi connectivity index (χ4v) is 6.52. The maximum atomic E-state index is 14.7. The molecule has 1 aliphatic heterocycles. The fourth-order valence-electron chi connectivity index (χ4n) is 6.52. The first-order valence-electron chi connectivity index (χ1n) is 16.0. The van der Waals surface area contributed by atoms with Gasteiger partial charge in [0, 0.05) is 17.4 Å². The van der Waals surface area contributed by atoms with Crippen LogP contribution in [-0.4, -0.2) is 24.8 Å². The third kappa shape index (κ3) is 6.99. The minimum atomic E-state index is -0.953. The van der Waals surface area contributed by atoms with Crippen LogP contribution in [-0.2, 0) is 20.9 Å². The van der Waals surface area contributed by atoms with Crippen molar-refractivity contribution in [1.82, 2.24) is 5.32 Å². The average Bonchev–Trinajstić information content (AvgIpc) is 3.15. The summed E-state index contributed by atoms with van der Waals surface area (Å²) in [6, 6.07) is 30.6. The number of para-hydroxylation sites is 1. The van der Waals surface area contributed by atoms with E-state index in [4.69, 9.17) is 10.5 Å². The van der Waals surface area contributed by atoms with Gasteiger partial charge < -0.3 is 20.7 Å². The molecule has 1 aliphatic rings. The molecular weight excluding hydrogens is 574 g/mol. The van der Waals surface area contributed by atoms with E-state index >= 15 is 0 Å². The molecule has 0 aromatic heterocycles. The molecule has 4 aromatic rings. The van der Waals surface area contributed by atoms with E-state index in [-0.39, 0.29) is 17.7 Å². The summed E-state index contributed by atoms with van der Waals surface area (Å²) in [5.41, 5.74) is 12.1. The number of anilines is 1. The second-order valence-corrected chi connectivity index (χ2v) is 12.4. The van der Waals surface area contributed by atoms with Crippen LogP contribution in [0.4, 0.5) is 5.69 Å². The zero-order valence-corrected chi connectivity index (χ0v) is 27.0.